The first kappa shape index (κ1) is 28.1. The summed E-state index contributed by atoms with van der Waals surface area (Å²) in [5.41, 5.74) is 11.8. The van der Waals surface area contributed by atoms with Gasteiger partial charge in [-0.2, -0.15) is 0 Å². The van der Waals surface area contributed by atoms with Crippen LogP contribution in [-0.2, 0) is 10.2 Å². The van der Waals surface area contributed by atoms with Crippen LogP contribution in [0.5, 0.6) is 5.75 Å². The van der Waals surface area contributed by atoms with Crippen molar-refractivity contribution in [3.8, 4) is 5.75 Å². The van der Waals surface area contributed by atoms with Gasteiger partial charge in [-0.15, -0.1) is 0 Å². The van der Waals surface area contributed by atoms with Crippen LogP contribution < -0.4 is 10.6 Å². The molecule has 0 saturated heterocycles. The highest BCUT2D eigenvalue weighted by atomic mass is 16.4. The van der Waals surface area contributed by atoms with Crippen molar-refractivity contribution in [2.75, 3.05) is 17.2 Å². The first-order valence-corrected chi connectivity index (χ1v) is 13.2. The Morgan fingerprint density at radius 3 is 2.49 bits per heavy atom. The van der Waals surface area contributed by atoms with E-state index in [-0.39, 0.29) is 23.0 Å². The van der Waals surface area contributed by atoms with Crippen LogP contribution in [0.3, 0.4) is 0 Å². The van der Waals surface area contributed by atoms with Crippen molar-refractivity contribution >= 4 is 22.9 Å². The highest BCUT2D eigenvalue weighted by molar-refractivity contribution is 5.79. The predicted molar refractivity (Wildman–Crippen MR) is 155 cm³/mol. The monoisotopic (exact) mass is 502 g/mol. The molecule has 0 fully saturated rings. The number of nitrogen functional groups attached to an aromatic ring is 1. The molecule has 1 aliphatic heterocycles. The second-order valence-corrected chi connectivity index (χ2v) is 11.6. The number of hydrogen-bond donors (Lipinski definition) is 3. The van der Waals surface area contributed by atoms with E-state index in [1.54, 1.807) is 6.07 Å². The average molecular weight is 503 g/mol. The van der Waals surface area contributed by atoms with Gasteiger partial charge >= 0.3 is 5.97 Å². The lowest BCUT2D eigenvalue weighted by atomic mass is 9.83. The maximum Gasteiger partial charge on any atom is 0.303 e. The first-order chi connectivity index (χ1) is 17.4. The summed E-state index contributed by atoms with van der Waals surface area (Å²) in [6, 6.07) is 13.8. The topological polar surface area (TPSA) is 86.8 Å². The van der Waals surface area contributed by atoms with Crippen molar-refractivity contribution in [1.29, 1.82) is 0 Å². The number of nitrogens with zero attached hydrogens (tertiary/aromatic N) is 1. The number of carbonyl (C=O) groups is 1. The lowest BCUT2D eigenvalue weighted by Gasteiger charge is -2.27. The minimum absolute atomic E-state index is 0.119. The molecule has 37 heavy (non-hydrogen) atoms. The Labute approximate surface area is 222 Å². The third-order valence-electron chi connectivity index (χ3n) is 6.87. The van der Waals surface area contributed by atoms with E-state index in [0.717, 1.165) is 36.9 Å². The fourth-order valence-electron chi connectivity index (χ4n) is 4.82. The Bertz CT molecular complexity index is 1200. The highest BCUT2D eigenvalue weighted by Crippen LogP contribution is 2.47. The molecular weight excluding hydrogens is 460 g/mol. The van der Waals surface area contributed by atoms with Crippen LogP contribution in [0.25, 0.3) is 5.57 Å². The van der Waals surface area contributed by atoms with Crippen molar-refractivity contribution in [1.82, 2.24) is 0 Å². The highest BCUT2D eigenvalue weighted by Gasteiger charge is 2.39. The zero-order valence-corrected chi connectivity index (χ0v) is 22.9. The summed E-state index contributed by atoms with van der Waals surface area (Å²) in [6.07, 6.45) is 12.1. The lowest BCUT2D eigenvalue weighted by Crippen LogP contribution is -2.27. The SMILES string of the molecule is CC(C)(C)C/C=C(/C=C/C=C1/N(CCCCCC(=O)O)c2ccccc2C1(C)C)c1ccc(N)cc1O. The number of hydrogen-bond acceptors (Lipinski definition) is 4. The van der Waals surface area contributed by atoms with E-state index in [1.165, 1.54) is 16.9 Å². The second kappa shape index (κ2) is 11.7. The molecule has 2 aromatic carbocycles. The van der Waals surface area contributed by atoms with E-state index >= 15 is 0 Å². The van der Waals surface area contributed by atoms with Crippen LogP contribution in [0.15, 0.2) is 72.5 Å². The van der Waals surface area contributed by atoms with Crippen molar-refractivity contribution in [3.63, 3.8) is 0 Å². The molecule has 5 heteroatoms. The van der Waals surface area contributed by atoms with Gasteiger partial charge in [0.15, 0.2) is 0 Å². The molecule has 3 rings (SSSR count). The summed E-state index contributed by atoms with van der Waals surface area (Å²) in [5.74, 6) is -0.560. The summed E-state index contributed by atoms with van der Waals surface area (Å²) in [5, 5.41) is 19.6. The van der Waals surface area contributed by atoms with E-state index < -0.39 is 5.97 Å². The number of aromatic hydroxyl groups is 1. The molecule has 0 spiro atoms. The number of unbranched alkanes of at least 4 members (excludes halogenated alkanes) is 2. The maximum absolute atomic E-state index is 10.9. The predicted octanol–water partition coefficient (Wildman–Crippen LogP) is 7.68. The number of phenolic OH excluding ortho intramolecular Hbond substituents is 1. The number of aliphatic carboxylic acids is 1. The fraction of sp³-hybridized carbons (Fsp3) is 0.406. The van der Waals surface area contributed by atoms with Crippen molar-refractivity contribution in [2.45, 2.75) is 72.1 Å². The molecule has 1 aliphatic rings. The third-order valence-corrected chi connectivity index (χ3v) is 6.87. The molecule has 5 nitrogen and oxygen atoms in total. The van der Waals surface area contributed by atoms with Crippen LogP contribution in [-0.4, -0.2) is 22.7 Å². The standard InChI is InChI=1S/C32H42N2O3/c1-31(2,3)20-19-23(25-18-17-24(33)22-28(25)35)12-11-15-29-32(4,5)26-13-8-9-14-27(26)34(29)21-10-6-7-16-30(36)37/h8-9,11-15,17-19,22,35H,6-7,10,16,20-21,33H2,1-5H3,(H,36,37)/b12-11+,23-19-,29-15+. The van der Waals surface area contributed by atoms with Crippen LogP contribution in [0.2, 0.25) is 0 Å². The van der Waals surface area contributed by atoms with Gasteiger partial charge in [-0.3, -0.25) is 4.79 Å². The third kappa shape index (κ3) is 7.28. The van der Waals surface area contributed by atoms with E-state index in [0.29, 0.717) is 12.1 Å². The van der Waals surface area contributed by atoms with Gasteiger partial charge in [0, 0.05) is 47.1 Å². The van der Waals surface area contributed by atoms with Gasteiger partial charge in [-0.05, 0) is 60.1 Å². The number of rotatable bonds is 10. The van der Waals surface area contributed by atoms with Gasteiger partial charge in [-0.1, -0.05) is 77.5 Å². The van der Waals surface area contributed by atoms with Crippen molar-refractivity contribution < 1.29 is 15.0 Å². The summed E-state index contributed by atoms with van der Waals surface area (Å²) in [7, 11) is 0. The number of phenols is 1. The molecule has 0 aliphatic carbocycles. The minimum Gasteiger partial charge on any atom is -0.507 e. The Hall–Kier alpha value is -3.47. The van der Waals surface area contributed by atoms with Crippen LogP contribution in [0.1, 0.15) is 77.8 Å². The number of para-hydroxylation sites is 1. The van der Waals surface area contributed by atoms with Crippen LogP contribution in [0.4, 0.5) is 11.4 Å². The molecule has 1 heterocycles. The molecule has 2 aromatic rings. The van der Waals surface area contributed by atoms with Crippen LogP contribution >= 0.6 is 0 Å². The van der Waals surface area contributed by atoms with E-state index in [4.69, 9.17) is 10.8 Å². The molecule has 0 unspecified atom stereocenters. The van der Waals surface area contributed by atoms with Crippen molar-refractivity contribution in [2.24, 2.45) is 5.41 Å². The molecule has 0 aromatic heterocycles. The van der Waals surface area contributed by atoms with Gasteiger partial charge in [0.1, 0.15) is 5.75 Å². The fourth-order valence-corrected chi connectivity index (χ4v) is 4.82. The summed E-state index contributed by atoms with van der Waals surface area (Å²) in [6.45, 7) is 11.9. The number of nitrogens with two attached hydrogens (primary N) is 1. The van der Waals surface area contributed by atoms with Gasteiger partial charge in [-0.25, -0.2) is 0 Å². The molecule has 0 atom stereocenters. The molecule has 0 saturated carbocycles. The number of benzene rings is 2. The Morgan fingerprint density at radius 2 is 1.81 bits per heavy atom. The minimum atomic E-state index is -0.735. The Balaban J connectivity index is 1.92. The number of anilines is 2. The molecule has 0 radical (unpaired) electrons. The zero-order chi connectivity index (χ0) is 27.2. The van der Waals surface area contributed by atoms with Crippen molar-refractivity contribution in [3.05, 3.63) is 83.6 Å². The maximum atomic E-state index is 10.9. The van der Waals surface area contributed by atoms with Gasteiger partial charge in [0.05, 0.1) is 0 Å². The summed E-state index contributed by atoms with van der Waals surface area (Å²) >= 11 is 0. The number of allylic oxidation sites excluding steroid dienone is 6. The first-order valence-electron chi connectivity index (χ1n) is 13.2. The van der Waals surface area contributed by atoms with E-state index in [1.807, 2.05) is 12.1 Å². The Kier molecular flexibility index (Phi) is 8.90. The number of fused-ring (bicyclic) bond motifs is 1. The zero-order valence-electron chi connectivity index (χ0n) is 22.9. The summed E-state index contributed by atoms with van der Waals surface area (Å²) < 4.78 is 0. The molecule has 4 N–H and O–H groups in total. The quantitative estimate of drug-likeness (QED) is 0.176. The number of carboxylic acids is 1. The van der Waals surface area contributed by atoms with Crippen LogP contribution in [0, 0.1) is 5.41 Å². The van der Waals surface area contributed by atoms with Gasteiger partial charge < -0.3 is 20.8 Å². The average Bonchev–Trinajstić information content (AvgIpc) is 3.02. The summed E-state index contributed by atoms with van der Waals surface area (Å²) in [4.78, 5) is 13.3. The molecular formula is C32H42N2O3. The van der Waals surface area contributed by atoms with E-state index in [9.17, 15) is 9.90 Å². The van der Waals surface area contributed by atoms with E-state index in [2.05, 4.69) is 88.1 Å². The normalized spacial score (nSPS) is 16.5. The Morgan fingerprint density at radius 1 is 1.08 bits per heavy atom. The van der Waals surface area contributed by atoms with Gasteiger partial charge in [0.25, 0.3) is 0 Å². The largest absolute Gasteiger partial charge is 0.507 e. The smallest absolute Gasteiger partial charge is 0.303 e. The molecule has 0 bridgehead atoms. The van der Waals surface area contributed by atoms with Gasteiger partial charge in [0.2, 0.25) is 0 Å². The molecule has 198 valence electrons. The second-order valence-electron chi connectivity index (χ2n) is 11.6. The lowest BCUT2D eigenvalue weighted by molar-refractivity contribution is -0.137. The number of carboxylic acid groups (broad SMARTS) is 1. The molecule has 0 amide bonds.